The van der Waals surface area contributed by atoms with Gasteiger partial charge >= 0.3 is 5.97 Å². The lowest BCUT2D eigenvalue weighted by Gasteiger charge is -2.16. The fourth-order valence-electron chi connectivity index (χ4n) is 1.30. The van der Waals surface area contributed by atoms with Gasteiger partial charge in [-0.1, -0.05) is 11.6 Å². The molecule has 0 unspecified atom stereocenters. The molecule has 6 nitrogen and oxygen atoms in total. The van der Waals surface area contributed by atoms with E-state index < -0.39 is 22.5 Å². The Bertz CT molecular complexity index is 637. The van der Waals surface area contributed by atoms with E-state index in [2.05, 4.69) is 4.74 Å². The number of nitriles is 1. The summed E-state index contributed by atoms with van der Waals surface area (Å²) in [5, 5.41) is 9.10. The molecule has 0 spiro atoms. The molecule has 0 saturated carbocycles. The number of sulfonamides is 1. The number of benzene rings is 1. The Hall–Kier alpha value is -1.62. The number of ether oxygens (including phenoxy) is 1. The Morgan fingerprint density at radius 2 is 2.16 bits per heavy atom. The summed E-state index contributed by atoms with van der Waals surface area (Å²) < 4.78 is 29.6. The minimum Gasteiger partial charge on any atom is -0.468 e. The Kier molecular flexibility index (Phi) is 4.89. The molecule has 0 aromatic heterocycles. The van der Waals surface area contributed by atoms with Gasteiger partial charge in [-0.2, -0.15) is 9.57 Å². The van der Waals surface area contributed by atoms with Gasteiger partial charge in [0.05, 0.1) is 12.7 Å². The van der Waals surface area contributed by atoms with Crippen LogP contribution in [-0.2, 0) is 19.6 Å². The SMILES string of the molecule is COC(=O)CN(C)S(=O)(=O)c1cc(Cl)ccc1C#N. The molecule has 1 aromatic rings. The number of rotatable bonds is 4. The van der Waals surface area contributed by atoms with Crippen molar-refractivity contribution >= 4 is 27.6 Å². The van der Waals surface area contributed by atoms with Crippen molar-refractivity contribution in [1.82, 2.24) is 4.31 Å². The highest BCUT2D eigenvalue weighted by Gasteiger charge is 2.26. The molecule has 0 atom stereocenters. The van der Waals surface area contributed by atoms with E-state index in [0.29, 0.717) is 0 Å². The van der Waals surface area contributed by atoms with E-state index in [0.717, 1.165) is 11.4 Å². The minimum atomic E-state index is -3.98. The number of halogens is 1. The summed E-state index contributed by atoms with van der Waals surface area (Å²) in [6, 6.07) is 5.66. The third-order valence-corrected chi connectivity index (χ3v) is 4.41. The Balaban J connectivity index is 3.24. The quantitative estimate of drug-likeness (QED) is 0.774. The lowest BCUT2D eigenvalue weighted by Crippen LogP contribution is -2.33. The van der Waals surface area contributed by atoms with Crippen LogP contribution in [0.1, 0.15) is 5.56 Å². The van der Waals surface area contributed by atoms with E-state index in [-0.39, 0.29) is 15.5 Å². The van der Waals surface area contributed by atoms with Crippen LogP contribution in [0.15, 0.2) is 23.1 Å². The zero-order valence-corrected chi connectivity index (χ0v) is 11.8. The van der Waals surface area contributed by atoms with Gasteiger partial charge in [0.2, 0.25) is 10.0 Å². The first-order valence-corrected chi connectivity index (χ1v) is 6.87. The van der Waals surface area contributed by atoms with Crippen LogP contribution in [0.3, 0.4) is 0 Å². The van der Waals surface area contributed by atoms with E-state index in [1.165, 1.54) is 25.2 Å². The van der Waals surface area contributed by atoms with E-state index >= 15 is 0 Å². The van der Waals surface area contributed by atoms with Gasteiger partial charge in [0.1, 0.15) is 17.5 Å². The summed E-state index contributed by atoms with van der Waals surface area (Å²) in [4.78, 5) is 10.9. The monoisotopic (exact) mass is 302 g/mol. The number of methoxy groups -OCH3 is 1. The van der Waals surface area contributed by atoms with Crippen LogP contribution < -0.4 is 0 Å². The van der Waals surface area contributed by atoms with Gasteiger partial charge in [0.25, 0.3) is 0 Å². The van der Waals surface area contributed by atoms with Gasteiger partial charge in [0, 0.05) is 12.1 Å². The van der Waals surface area contributed by atoms with Crippen molar-refractivity contribution in [2.45, 2.75) is 4.90 Å². The molecule has 102 valence electrons. The second-order valence-electron chi connectivity index (χ2n) is 3.59. The lowest BCUT2D eigenvalue weighted by molar-refractivity contribution is -0.140. The third-order valence-electron chi connectivity index (χ3n) is 2.33. The first-order chi connectivity index (χ1) is 8.82. The average Bonchev–Trinajstić information content (AvgIpc) is 2.38. The molecule has 0 aliphatic carbocycles. The zero-order chi connectivity index (χ0) is 14.6. The Labute approximate surface area is 116 Å². The van der Waals surface area contributed by atoms with Crippen molar-refractivity contribution in [3.05, 3.63) is 28.8 Å². The van der Waals surface area contributed by atoms with Crippen LogP contribution >= 0.6 is 11.6 Å². The Morgan fingerprint density at radius 1 is 1.53 bits per heavy atom. The van der Waals surface area contributed by atoms with Gasteiger partial charge in [-0.3, -0.25) is 4.79 Å². The predicted octanol–water partition coefficient (Wildman–Crippen LogP) is 1.01. The zero-order valence-electron chi connectivity index (χ0n) is 10.3. The summed E-state index contributed by atoms with van der Waals surface area (Å²) in [6.07, 6.45) is 0. The fraction of sp³-hybridized carbons (Fsp3) is 0.273. The summed E-state index contributed by atoms with van der Waals surface area (Å²) in [6.45, 7) is -0.448. The standard InChI is InChI=1S/C11H11ClN2O4S/c1-14(7-11(15)18-2)19(16,17)10-5-9(12)4-3-8(10)6-13/h3-5H,7H2,1-2H3. The van der Waals surface area contributed by atoms with Crippen molar-refractivity contribution in [2.24, 2.45) is 0 Å². The largest absolute Gasteiger partial charge is 0.468 e. The number of likely N-dealkylation sites (N-methyl/N-ethyl adjacent to an activating group) is 1. The van der Waals surface area contributed by atoms with Gasteiger partial charge in [-0.05, 0) is 18.2 Å². The molecule has 0 aliphatic heterocycles. The molecule has 0 fully saturated rings. The highest BCUT2D eigenvalue weighted by atomic mass is 35.5. The molecule has 1 aromatic carbocycles. The minimum absolute atomic E-state index is 0.0406. The number of carbonyl (C=O) groups excluding carboxylic acids is 1. The predicted molar refractivity (Wildman–Crippen MR) is 68.0 cm³/mol. The molecule has 8 heteroatoms. The van der Waals surface area contributed by atoms with Crippen LogP contribution in [0.5, 0.6) is 0 Å². The van der Waals surface area contributed by atoms with Crippen LogP contribution in [0.4, 0.5) is 0 Å². The number of hydrogen-bond acceptors (Lipinski definition) is 5. The molecule has 1 rings (SSSR count). The molecule has 0 heterocycles. The van der Waals surface area contributed by atoms with E-state index in [4.69, 9.17) is 16.9 Å². The van der Waals surface area contributed by atoms with Gasteiger partial charge in [-0.15, -0.1) is 0 Å². The Morgan fingerprint density at radius 3 is 2.68 bits per heavy atom. The maximum Gasteiger partial charge on any atom is 0.321 e. The highest BCUT2D eigenvalue weighted by Crippen LogP contribution is 2.22. The van der Waals surface area contributed by atoms with Crippen molar-refractivity contribution in [3.8, 4) is 6.07 Å². The number of nitrogens with zero attached hydrogens (tertiary/aromatic N) is 2. The number of esters is 1. The van der Waals surface area contributed by atoms with Gasteiger partial charge < -0.3 is 4.74 Å². The van der Waals surface area contributed by atoms with E-state index in [9.17, 15) is 13.2 Å². The second-order valence-corrected chi connectivity index (χ2v) is 6.04. The first-order valence-electron chi connectivity index (χ1n) is 5.05. The topological polar surface area (TPSA) is 87.5 Å². The van der Waals surface area contributed by atoms with Crippen LogP contribution in [0.2, 0.25) is 5.02 Å². The first kappa shape index (κ1) is 15.4. The molecule has 0 bridgehead atoms. The number of hydrogen-bond donors (Lipinski definition) is 0. The van der Waals surface area contributed by atoms with Crippen molar-refractivity contribution < 1.29 is 17.9 Å². The summed E-state index contributed by atoms with van der Waals surface area (Å²) >= 11 is 5.73. The molecular weight excluding hydrogens is 292 g/mol. The maximum atomic E-state index is 12.2. The lowest BCUT2D eigenvalue weighted by atomic mass is 10.2. The van der Waals surface area contributed by atoms with Crippen LogP contribution in [-0.4, -0.2) is 39.4 Å². The molecule has 0 radical (unpaired) electrons. The van der Waals surface area contributed by atoms with Crippen molar-refractivity contribution in [3.63, 3.8) is 0 Å². The van der Waals surface area contributed by atoms with E-state index in [1.54, 1.807) is 6.07 Å². The van der Waals surface area contributed by atoms with Crippen LogP contribution in [0, 0.1) is 11.3 Å². The number of carbonyl (C=O) groups is 1. The molecule has 0 amide bonds. The van der Waals surface area contributed by atoms with Crippen LogP contribution in [0.25, 0.3) is 0 Å². The van der Waals surface area contributed by atoms with Gasteiger partial charge in [0.15, 0.2) is 0 Å². The van der Waals surface area contributed by atoms with Crippen molar-refractivity contribution in [1.29, 1.82) is 5.26 Å². The van der Waals surface area contributed by atoms with Gasteiger partial charge in [-0.25, -0.2) is 8.42 Å². The normalized spacial score (nSPS) is 11.1. The van der Waals surface area contributed by atoms with Crippen molar-refractivity contribution in [2.75, 3.05) is 20.7 Å². The second kappa shape index (κ2) is 6.02. The summed E-state index contributed by atoms with van der Waals surface area (Å²) in [7, 11) is -1.61. The molecular formula is C11H11ClN2O4S. The van der Waals surface area contributed by atoms with E-state index in [1.807, 2.05) is 0 Å². The molecule has 0 N–H and O–H groups in total. The fourth-order valence-corrected chi connectivity index (χ4v) is 2.82. The maximum absolute atomic E-state index is 12.2. The summed E-state index contributed by atoms with van der Waals surface area (Å²) in [5.74, 6) is -0.702. The third kappa shape index (κ3) is 3.44. The summed E-state index contributed by atoms with van der Waals surface area (Å²) in [5.41, 5.74) is -0.0406. The smallest absolute Gasteiger partial charge is 0.321 e. The molecule has 19 heavy (non-hydrogen) atoms. The average molecular weight is 303 g/mol. The molecule has 0 aliphatic rings. The molecule has 0 saturated heterocycles. The highest BCUT2D eigenvalue weighted by molar-refractivity contribution is 7.89.